The van der Waals surface area contributed by atoms with E-state index in [0.717, 1.165) is 39.0 Å². The highest BCUT2D eigenvalue weighted by Crippen LogP contribution is 2.47. The third-order valence-electron chi connectivity index (χ3n) is 5.11. The second-order valence-corrected chi connectivity index (χ2v) is 8.57. The fourth-order valence-corrected chi connectivity index (χ4v) is 4.31. The summed E-state index contributed by atoms with van der Waals surface area (Å²) in [6, 6.07) is 22.1. The van der Waals surface area contributed by atoms with Crippen LogP contribution in [0.4, 0.5) is 0 Å². The summed E-state index contributed by atoms with van der Waals surface area (Å²) in [5.41, 5.74) is 4.23. The molecule has 140 valence electrons. The van der Waals surface area contributed by atoms with Crippen molar-refractivity contribution in [1.82, 2.24) is 5.01 Å². The van der Waals surface area contributed by atoms with Crippen LogP contribution >= 0.6 is 39.1 Å². The van der Waals surface area contributed by atoms with Gasteiger partial charge < -0.3 is 4.74 Å². The Hall–Kier alpha value is -2.01. The summed E-state index contributed by atoms with van der Waals surface area (Å²) in [6.45, 7) is 0. The van der Waals surface area contributed by atoms with Crippen molar-refractivity contribution < 1.29 is 4.74 Å². The molecule has 3 aromatic rings. The van der Waals surface area contributed by atoms with Crippen LogP contribution in [-0.4, -0.2) is 10.7 Å². The van der Waals surface area contributed by atoms with Crippen LogP contribution in [-0.2, 0) is 0 Å². The highest BCUT2D eigenvalue weighted by Gasteiger charge is 2.40. The quantitative estimate of drug-likeness (QED) is 0.400. The number of fused-ring (bicyclic) bond motifs is 3. The van der Waals surface area contributed by atoms with Crippen molar-refractivity contribution in [2.75, 3.05) is 0 Å². The minimum Gasteiger partial charge on any atom is -0.464 e. The van der Waals surface area contributed by atoms with Crippen LogP contribution in [0.2, 0.25) is 10.0 Å². The average Bonchev–Trinajstić information content (AvgIpc) is 3.16. The Labute approximate surface area is 181 Å². The standard InChI is InChI=1S/C22H15BrCl2N2O/c23-15-8-5-13(6-9-15)19-12-20-16-3-1-2-4-21(16)28-22(27(20)26-19)14-7-10-17(24)18(25)11-14/h1-11,20,22H,12H2/t20-,22-/m1/s1. The second kappa shape index (κ2) is 7.11. The van der Waals surface area contributed by atoms with Crippen molar-refractivity contribution in [2.24, 2.45) is 5.10 Å². The predicted octanol–water partition coefficient (Wildman–Crippen LogP) is 7.00. The topological polar surface area (TPSA) is 24.8 Å². The van der Waals surface area contributed by atoms with Crippen LogP contribution in [0.3, 0.4) is 0 Å². The fourth-order valence-electron chi connectivity index (χ4n) is 3.74. The lowest BCUT2D eigenvalue weighted by molar-refractivity contribution is -0.0190. The SMILES string of the molecule is Clc1ccc([C@H]2Oc3ccccc3[C@H]3CC(c4ccc(Br)cc4)=NN32)cc1Cl. The fraction of sp³-hybridized carbons (Fsp3) is 0.136. The summed E-state index contributed by atoms with van der Waals surface area (Å²) in [5, 5.41) is 8.03. The maximum Gasteiger partial charge on any atom is 0.213 e. The van der Waals surface area contributed by atoms with Gasteiger partial charge in [-0.1, -0.05) is 75.5 Å². The van der Waals surface area contributed by atoms with Crippen LogP contribution in [0.5, 0.6) is 5.75 Å². The molecule has 0 saturated heterocycles. The van der Waals surface area contributed by atoms with Crippen LogP contribution < -0.4 is 4.74 Å². The zero-order valence-corrected chi connectivity index (χ0v) is 17.7. The summed E-state index contributed by atoms with van der Waals surface area (Å²) in [6.07, 6.45) is 0.461. The van der Waals surface area contributed by atoms with Gasteiger partial charge in [0.1, 0.15) is 5.75 Å². The average molecular weight is 474 g/mol. The van der Waals surface area contributed by atoms with Crippen molar-refractivity contribution in [3.63, 3.8) is 0 Å². The van der Waals surface area contributed by atoms with Crippen molar-refractivity contribution in [2.45, 2.75) is 18.7 Å². The van der Waals surface area contributed by atoms with Gasteiger partial charge in [0.2, 0.25) is 6.23 Å². The Bertz CT molecular complexity index is 1080. The second-order valence-electron chi connectivity index (χ2n) is 6.84. The first-order chi connectivity index (χ1) is 13.6. The molecule has 2 aliphatic rings. The van der Waals surface area contributed by atoms with E-state index in [9.17, 15) is 0 Å². The molecule has 6 heteroatoms. The molecule has 0 aromatic heterocycles. The molecule has 0 spiro atoms. The lowest BCUT2D eigenvalue weighted by Gasteiger charge is -2.38. The lowest BCUT2D eigenvalue weighted by atomic mass is 9.96. The van der Waals surface area contributed by atoms with Gasteiger partial charge in [-0.2, -0.15) is 5.10 Å². The Morgan fingerprint density at radius 3 is 2.54 bits per heavy atom. The van der Waals surface area contributed by atoms with Crippen LogP contribution in [0.1, 0.15) is 35.4 Å². The van der Waals surface area contributed by atoms with Gasteiger partial charge >= 0.3 is 0 Å². The molecule has 2 atom stereocenters. The lowest BCUT2D eigenvalue weighted by Crippen LogP contribution is -2.33. The van der Waals surface area contributed by atoms with Crippen LogP contribution in [0.15, 0.2) is 76.3 Å². The highest BCUT2D eigenvalue weighted by atomic mass is 79.9. The largest absolute Gasteiger partial charge is 0.464 e. The normalized spacial score (nSPS) is 20.2. The number of hydrogen-bond acceptors (Lipinski definition) is 3. The van der Waals surface area contributed by atoms with Crippen LogP contribution in [0, 0.1) is 0 Å². The van der Waals surface area contributed by atoms with Gasteiger partial charge in [0.05, 0.1) is 21.8 Å². The molecule has 0 N–H and O–H groups in total. The Morgan fingerprint density at radius 2 is 1.75 bits per heavy atom. The Balaban J connectivity index is 1.59. The van der Waals surface area contributed by atoms with Crippen molar-refractivity contribution in [3.05, 3.63) is 97.9 Å². The van der Waals surface area contributed by atoms with E-state index in [1.807, 2.05) is 47.5 Å². The smallest absolute Gasteiger partial charge is 0.213 e. The molecule has 5 rings (SSSR count). The van der Waals surface area contributed by atoms with E-state index in [2.05, 4.69) is 34.1 Å². The minimum absolute atomic E-state index is 0.114. The Kier molecular flexibility index (Phi) is 4.58. The molecule has 0 aliphatic carbocycles. The molecular weight excluding hydrogens is 459 g/mol. The van der Waals surface area contributed by atoms with E-state index in [-0.39, 0.29) is 12.3 Å². The summed E-state index contributed by atoms with van der Waals surface area (Å²) in [7, 11) is 0. The third kappa shape index (κ3) is 3.10. The molecule has 3 nitrogen and oxygen atoms in total. The number of hydrogen-bond donors (Lipinski definition) is 0. The molecule has 3 aromatic carbocycles. The monoisotopic (exact) mass is 472 g/mol. The zero-order chi connectivity index (χ0) is 19.3. The number of nitrogens with zero attached hydrogens (tertiary/aromatic N) is 2. The molecule has 0 unspecified atom stereocenters. The number of halogens is 3. The first kappa shape index (κ1) is 18.0. The van der Waals surface area contributed by atoms with E-state index in [0.29, 0.717) is 10.0 Å². The number of benzene rings is 3. The Morgan fingerprint density at radius 1 is 0.964 bits per heavy atom. The van der Waals surface area contributed by atoms with Gasteiger partial charge in [0, 0.05) is 22.0 Å². The zero-order valence-electron chi connectivity index (χ0n) is 14.6. The molecule has 2 heterocycles. The number of para-hydroxylation sites is 1. The van der Waals surface area contributed by atoms with Crippen molar-refractivity contribution in [1.29, 1.82) is 0 Å². The summed E-state index contributed by atoms with van der Waals surface area (Å²) in [4.78, 5) is 0. The van der Waals surface area contributed by atoms with E-state index < -0.39 is 0 Å². The first-order valence-corrected chi connectivity index (χ1v) is 10.5. The van der Waals surface area contributed by atoms with Gasteiger partial charge in [0.15, 0.2) is 0 Å². The van der Waals surface area contributed by atoms with E-state index in [4.69, 9.17) is 33.0 Å². The van der Waals surface area contributed by atoms with E-state index >= 15 is 0 Å². The molecule has 0 radical (unpaired) electrons. The summed E-state index contributed by atoms with van der Waals surface area (Å²) in [5.74, 6) is 0.882. The molecule has 28 heavy (non-hydrogen) atoms. The molecule has 2 aliphatic heterocycles. The highest BCUT2D eigenvalue weighted by molar-refractivity contribution is 9.10. The van der Waals surface area contributed by atoms with E-state index in [1.165, 1.54) is 0 Å². The van der Waals surface area contributed by atoms with Gasteiger partial charge in [0.25, 0.3) is 0 Å². The van der Waals surface area contributed by atoms with Gasteiger partial charge in [-0.25, -0.2) is 5.01 Å². The molecule has 0 saturated carbocycles. The first-order valence-electron chi connectivity index (χ1n) is 8.92. The number of ether oxygens (including phenoxy) is 1. The maximum atomic E-state index is 6.34. The molecular formula is C22H15BrCl2N2O. The van der Waals surface area contributed by atoms with Gasteiger partial charge in [-0.3, -0.25) is 0 Å². The minimum atomic E-state index is -0.359. The number of hydrazone groups is 1. The maximum absolute atomic E-state index is 6.34. The summed E-state index contributed by atoms with van der Waals surface area (Å²) >= 11 is 15.9. The number of rotatable bonds is 2. The predicted molar refractivity (Wildman–Crippen MR) is 116 cm³/mol. The van der Waals surface area contributed by atoms with Crippen molar-refractivity contribution in [3.8, 4) is 5.75 Å². The molecule has 0 amide bonds. The summed E-state index contributed by atoms with van der Waals surface area (Å²) < 4.78 is 7.39. The van der Waals surface area contributed by atoms with Gasteiger partial charge in [-0.05, 0) is 35.9 Å². The van der Waals surface area contributed by atoms with E-state index in [1.54, 1.807) is 6.07 Å². The van der Waals surface area contributed by atoms with Crippen molar-refractivity contribution >= 4 is 44.8 Å². The third-order valence-corrected chi connectivity index (χ3v) is 6.37. The van der Waals surface area contributed by atoms with Gasteiger partial charge in [-0.15, -0.1) is 0 Å². The molecule has 0 fully saturated rings. The molecule has 0 bridgehead atoms. The van der Waals surface area contributed by atoms with Crippen LogP contribution in [0.25, 0.3) is 0 Å².